The van der Waals surface area contributed by atoms with Gasteiger partial charge in [0.15, 0.2) is 5.65 Å². The zero-order chi connectivity index (χ0) is 13.7. The summed E-state index contributed by atoms with van der Waals surface area (Å²) in [5.74, 6) is 0.179. The van der Waals surface area contributed by atoms with Crippen LogP contribution in [0.5, 0.6) is 0 Å². The molecule has 0 amide bonds. The Labute approximate surface area is 108 Å². The Balaban J connectivity index is 2.69. The van der Waals surface area contributed by atoms with E-state index in [1.165, 1.54) is 0 Å². The number of aromatic nitrogens is 3. The molecule has 0 atom stereocenters. The number of nitrogens with two attached hydrogens (primary N) is 2. The normalized spacial score (nSPS) is 11.3. The summed E-state index contributed by atoms with van der Waals surface area (Å²) in [4.78, 5) is 20.5. The van der Waals surface area contributed by atoms with Crippen LogP contribution in [0.15, 0.2) is 23.0 Å². The van der Waals surface area contributed by atoms with E-state index in [0.717, 1.165) is 11.1 Å². The first kappa shape index (κ1) is 11.5. The van der Waals surface area contributed by atoms with Crippen LogP contribution in [0.4, 0.5) is 11.8 Å². The summed E-state index contributed by atoms with van der Waals surface area (Å²) in [6.45, 7) is 1.94. The first-order chi connectivity index (χ1) is 8.99. The van der Waals surface area contributed by atoms with Gasteiger partial charge in [0, 0.05) is 12.4 Å². The maximum Gasteiger partial charge on any atom is 0.223 e. The third kappa shape index (κ3) is 1.53. The second kappa shape index (κ2) is 3.68. The molecule has 3 aromatic rings. The van der Waals surface area contributed by atoms with Crippen molar-refractivity contribution in [2.45, 2.75) is 6.92 Å². The van der Waals surface area contributed by atoms with Crippen LogP contribution in [0.3, 0.4) is 0 Å². The van der Waals surface area contributed by atoms with Gasteiger partial charge < -0.3 is 16.0 Å². The van der Waals surface area contributed by atoms with Crippen LogP contribution in [-0.4, -0.2) is 14.5 Å². The van der Waals surface area contributed by atoms with Crippen molar-refractivity contribution in [2.75, 3.05) is 11.5 Å². The van der Waals surface area contributed by atoms with Gasteiger partial charge >= 0.3 is 0 Å². The highest BCUT2D eigenvalue weighted by molar-refractivity contribution is 5.96. The summed E-state index contributed by atoms with van der Waals surface area (Å²) >= 11 is 0. The number of rotatable bonds is 0. The van der Waals surface area contributed by atoms with Crippen molar-refractivity contribution in [3.8, 4) is 0 Å². The van der Waals surface area contributed by atoms with Gasteiger partial charge in [0.1, 0.15) is 11.2 Å². The summed E-state index contributed by atoms with van der Waals surface area (Å²) in [6.07, 6.45) is 0. The van der Waals surface area contributed by atoms with E-state index in [9.17, 15) is 4.79 Å². The van der Waals surface area contributed by atoms with E-state index in [1.54, 1.807) is 4.57 Å². The lowest BCUT2D eigenvalue weighted by molar-refractivity contribution is 0.972. The fourth-order valence-corrected chi connectivity index (χ4v) is 2.32. The largest absolute Gasteiger partial charge is 0.383 e. The molecule has 6 heteroatoms. The molecular formula is C13H13N5O. The summed E-state index contributed by atoms with van der Waals surface area (Å²) in [5, 5.41) is 0.921. The third-order valence-corrected chi connectivity index (χ3v) is 3.24. The molecule has 0 unspecified atom stereocenters. The molecule has 96 valence electrons. The van der Waals surface area contributed by atoms with Gasteiger partial charge in [-0.15, -0.1) is 0 Å². The summed E-state index contributed by atoms with van der Waals surface area (Å²) in [5.41, 5.74) is 13.5. The lowest BCUT2D eigenvalue weighted by atomic mass is 10.1. The zero-order valence-corrected chi connectivity index (χ0v) is 10.6. The number of fused-ring (bicyclic) bond motifs is 2. The van der Waals surface area contributed by atoms with Crippen LogP contribution < -0.4 is 16.9 Å². The first-order valence-electron chi connectivity index (χ1n) is 5.81. The van der Waals surface area contributed by atoms with Crippen molar-refractivity contribution in [1.29, 1.82) is 0 Å². The Bertz CT molecular complexity index is 882. The van der Waals surface area contributed by atoms with E-state index in [4.69, 9.17) is 11.5 Å². The third-order valence-electron chi connectivity index (χ3n) is 3.24. The topological polar surface area (TPSA) is 99.8 Å². The van der Waals surface area contributed by atoms with Gasteiger partial charge in [0.2, 0.25) is 11.4 Å². The van der Waals surface area contributed by atoms with Crippen molar-refractivity contribution < 1.29 is 0 Å². The number of nitrogens with zero attached hydrogens (tertiary/aromatic N) is 3. The fraction of sp³-hybridized carbons (Fsp3) is 0.154. The minimum absolute atomic E-state index is 0.0615. The molecule has 2 aromatic heterocycles. The number of aryl methyl sites for hydroxylation is 2. The van der Waals surface area contributed by atoms with Gasteiger partial charge in [0.25, 0.3) is 0 Å². The van der Waals surface area contributed by atoms with E-state index in [1.807, 2.05) is 32.2 Å². The predicted molar refractivity (Wildman–Crippen MR) is 75.8 cm³/mol. The molecule has 0 aliphatic heterocycles. The second-order valence-electron chi connectivity index (χ2n) is 4.57. The van der Waals surface area contributed by atoms with Crippen LogP contribution in [0.1, 0.15) is 5.56 Å². The monoisotopic (exact) mass is 255 g/mol. The molecule has 0 aliphatic rings. The van der Waals surface area contributed by atoms with E-state index >= 15 is 0 Å². The summed E-state index contributed by atoms with van der Waals surface area (Å²) < 4.78 is 1.81. The Hall–Kier alpha value is -2.63. The van der Waals surface area contributed by atoms with Gasteiger partial charge in [0.05, 0.1) is 5.52 Å². The molecule has 0 saturated carbocycles. The molecule has 3 rings (SSSR count). The molecule has 19 heavy (non-hydrogen) atoms. The quantitative estimate of drug-likeness (QED) is 0.583. The molecule has 0 saturated heterocycles. The Morgan fingerprint density at radius 1 is 1.21 bits per heavy atom. The number of nitrogen functional groups attached to an aromatic ring is 2. The molecule has 6 nitrogen and oxygen atoms in total. The van der Waals surface area contributed by atoms with Crippen molar-refractivity contribution >= 4 is 33.7 Å². The molecule has 0 fully saturated rings. The number of pyridine rings is 1. The number of hydrogen-bond donors (Lipinski definition) is 2. The Kier molecular flexibility index (Phi) is 2.22. The van der Waals surface area contributed by atoms with Gasteiger partial charge in [-0.1, -0.05) is 11.6 Å². The fourth-order valence-electron chi connectivity index (χ4n) is 2.32. The average Bonchev–Trinajstić information content (AvgIpc) is 2.35. The SMILES string of the molecule is Cc1ccc2c(c1)c(=O)c1c(N)nc(N)nc1n2C. The number of hydrogen-bond acceptors (Lipinski definition) is 5. The Morgan fingerprint density at radius 3 is 2.68 bits per heavy atom. The smallest absolute Gasteiger partial charge is 0.223 e. The molecule has 0 radical (unpaired) electrons. The highest BCUT2D eigenvalue weighted by Gasteiger charge is 2.14. The molecule has 4 N–H and O–H groups in total. The van der Waals surface area contributed by atoms with Crippen molar-refractivity contribution in [3.05, 3.63) is 34.0 Å². The minimum atomic E-state index is -0.163. The summed E-state index contributed by atoms with van der Waals surface area (Å²) in [7, 11) is 1.82. The molecule has 0 bridgehead atoms. The van der Waals surface area contributed by atoms with E-state index in [-0.39, 0.29) is 17.2 Å². The van der Waals surface area contributed by atoms with Gasteiger partial charge in [-0.3, -0.25) is 4.79 Å². The second-order valence-corrected chi connectivity index (χ2v) is 4.57. The molecular weight excluding hydrogens is 242 g/mol. The highest BCUT2D eigenvalue weighted by atomic mass is 16.1. The molecule has 0 aliphatic carbocycles. The maximum absolute atomic E-state index is 12.5. The van der Waals surface area contributed by atoms with Crippen LogP contribution in [-0.2, 0) is 7.05 Å². The average molecular weight is 255 g/mol. The van der Waals surface area contributed by atoms with Crippen LogP contribution >= 0.6 is 0 Å². The van der Waals surface area contributed by atoms with Gasteiger partial charge in [-0.2, -0.15) is 9.97 Å². The van der Waals surface area contributed by atoms with Crippen LogP contribution in [0, 0.1) is 6.92 Å². The maximum atomic E-state index is 12.5. The zero-order valence-electron chi connectivity index (χ0n) is 10.6. The number of anilines is 2. The standard InChI is InChI=1S/C13H13N5O/c1-6-3-4-8-7(5-6)10(19)9-11(14)16-13(15)17-12(9)18(8)2/h3-5H,1-2H3,(H4,14,15,16,17). The van der Waals surface area contributed by atoms with Crippen LogP contribution in [0.25, 0.3) is 21.9 Å². The Morgan fingerprint density at radius 2 is 1.95 bits per heavy atom. The van der Waals surface area contributed by atoms with E-state index < -0.39 is 0 Å². The van der Waals surface area contributed by atoms with Crippen molar-refractivity contribution in [3.63, 3.8) is 0 Å². The number of benzene rings is 1. The lowest BCUT2D eigenvalue weighted by Crippen LogP contribution is -2.14. The molecule has 2 heterocycles. The first-order valence-corrected chi connectivity index (χ1v) is 5.81. The predicted octanol–water partition coefficient (Wildman–Crippen LogP) is 0.955. The lowest BCUT2D eigenvalue weighted by Gasteiger charge is -2.11. The minimum Gasteiger partial charge on any atom is -0.383 e. The van der Waals surface area contributed by atoms with E-state index in [0.29, 0.717) is 16.4 Å². The van der Waals surface area contributed by atoms with Gasteiger partial charge in [-0.05, 0) is 19.1 Å². The molecule has 1 aromatic carbocycles. The van der Waals surface area contributed by atoms with Crippen LogP contribution in [0.2, 0.25) is 0 Å². The van der Waals surface area contributed by atoms with Gasteiger partial charge in [-0.25, -0.2) is 0 Å². The summed E-state index contributed by atoms with van der Waals surface area (Å²) in [6, 6.07) is 5.68. The van der Waals surface area contributed by atoms with E-state index in [2.05, 4.69) is 9.97 Å². The van der Waals surface area contributed by atoms with Crippen molar-refractivity contribution in [1.82, 2.24) is 14.5 Å². The molecule has 0 spiro atoms. The van der Waals surface area contributed by atoms with Crippen molar-refractivity contribution in [2.24, 2.45) is 7.05 Å². The highest BCUT2D eigenvalue weighted by Crippen LogP contribution is 2.21.